The first-order chi connectivity index (χ1) is 11.7. The molecule has 1 aliphatic rings. The summed E-state index contributed by atoms with van der Waals surface area (Å²) in [6, 6.07) is 16.5. The number of aryl methyl sites for hydroxylation is 1. The van der Waals surface area contributed by atoms with Gasteiger partial charge >= 0.3 is 0 Å². The Morgan fingerprint density at radius 3 is 2.75 bits per heavy atom. The van der Waals surface area contributed by atoms with Gasteiger partial charge in [0, 0.05) is 17.4 Å². The number of amides is 1. The van der Waals surface area contributed by atoms with E-state index in [2.05, 4.69) is 28.1 Å². The molecular formula is C20H22BrNO2. The first kappa shape index (κ1) is 17.0. The molecule has 1 unspecified atom stereocenters. The lowest BCUT2D eigenvalue weighted by molar-refractivity contribution is -0.132. The number of ether oxygens (including phenoxy) is 1. The first-order valence-electron chi connectivity index (χ1n) is 8.35. The minimum Gasteiger partial charge on any atom is -0.497 e. The van der Waals surface area contributed by atoms with Crippen LogP contribution in [0.5, 0.6) is 5.75 Å². The number of hydrogen-bond acceptors (Lipinski definition) is 2. The van der Waals surface area contributed by atoms with Crippen LogP contribution < -0.4 is 4.74 Å². The van der Waals surface area contributed by atoms with Crippen LogP contribution >= 0.6 is 15.9 Å². The fourth-order valence-corrected chi connectivity index (χ4v) is 3.73. The molecule has 126 valence electrons. The second kappa shape index (κ2) is 7.84. The van der Waals surface area contributed by atoms with E-state index in [1.807, 2.05) is 41.3 Å². The fourth-order valence-electron chi connectivity index (χ4n) is 3.31. The van der Waals surface area contributed by atoms with Gasteiger partial charge in [-0.25, -0.2) is 0 Å². The van der Waals surface area contributed by atoms with Crippen molar-refractivity contribution in [3.8, 4) is 5.75 Å². The smallest absolute Gasteiger partial charge is 0.223 e. The minimum atomic E-state index is 0.214. The summed E-state index contributed by atoms with van der Waals surface area (Å²) in [7, 11) is 1.66. The van der Waals surface area contributed by atoms with E-state index in [1.54, 1.807) is 7.11 Å². The van der Waals surface area contributed by atoms with Crippen molar-refractivity contribution in [1.82, 2.24) is 4.90 Å². The molecule has 24 heavy (non-hydrogen) atoms. The van der Waals surface area contributed by atoms with Gasteiger partial charge in [-0.2, -0.15) is 0 Å². The van der Waals surface area contributed by atoms with Crippen molar-refractivity contribution in [2.75, 3.05) is 13.7 Å². The van der Waals surface area contributed by atoms with Crippen LogP contribution in [-0.4, -0.2) is 24.5 Å². The van der Waals surface area contributed by atoms with E-state index >= 15 is 0 Å². The van der Waals surface area contributed by atoms with Crippen molar-refractivity contribution in [2.24, 2.45) is 0 Å². The molecule has 2 aromatic rings. The number of hydrogen-bond donors (Lipinski definition) is 0. The van der Waals surface area contributed by atoms with Crippen molar-refractivity contribution >= 4 is 21.8 Å². The summed E-state index contributed by atoms with van der Waals surface area (Å²) in [6.45, 7) is 0.860. The van der Waals surface area contributed by atoms with E-state index in [-0.39, 0.29) is 11.9 Å². The third kappa shape index (κ3) is 3.99. The molecule has 2 aromatic carbocycles. The number of benzene rings is 2. The van der Waals surface area contributed by atoms with Gasteiger partial charge < -0.3 is 9.64 Å². The maximum atomic E-state index is 12.7. The zero-order chi connectivity index (χ0) is 16.9. The van der Waals surface area contributed by atoms with E-state index < -0.39 is 0 Å². The highest BCUT2D eigenvalue weighted by atomic mass is 79.9. The number of likely N-dealkylation sites (tertiary alicyclic amines) is 1. The van der Waals surface area contributed by atoms with E-state index in [0.717, 1.165) is 36.0 Å². The largest absolute Gasteiger partial charge is 0.497 e. The number of halogens is 1. The van der Waals surface area contributed by atoms with Gasteiger partial charge in [-0.3, -0.25) is 4.79 Å². The Labute approximate surface area is 151 Å². The molecule has 1 atom stereocenters. The normalized spacial score (nSPS) is 17.1. The van der Waals surface area contributed by atoms with E-state index in [1.165, 1.54) is 11.1 Å². The third-order valence-electron chi connectivity index (χ3n) is 4.59. The predicted molar refractivity (Wildman–Crippen MR) is 99.1 cm³/mol. The van der Waals surface area contributed by atoms with Crippen LogP contribution in [0, 0.1) is 0 Å². The predicted octanol–water partition coefficient (Wildman–Crippen LogP) is 4.75. The van der Waals surface area contributed by atoms with Crippen LogP contribution in [0.3, 0.4) is 0 Å². The Hall–Kier alpha value is -1.81. The zero-order valence-corrected chi connectivity index (χ0v) is 15.5. The Kier molecular flexibility index (Phi) is 5.56. The average Bonchev–Trinajstić information content (AvgIpc) is 3.10. The molecule has 4 heteroatoms. The number of methoxy groups -OCH3 is 1. The van der Waals surface area contributed by atoms with Crippen molar-refractivity contribution in [1.29, 1.82) is 0 Å². The molecule has 0 bridgehead atoms. The zero-order valence-electron chi connectivity index (χ0n) is 13.9. The lowest BCUT2D eigenvalue weighted by atomic mass is 10.0. The number of carbonyl (C=O) groups excluding carboxylic acids is 1. The minimum absolute atomic E-state index is 0.214. The quantitative estimate of drug-likeness (QED) is 0.740. The van der Waals surface area contributed by atoms with Gasteiger partial charge in [-0.15, -0.1) is 0 Å². The Morgan fingerprint density at radius 2 is 2.04 bits per heavy atom. The molecule has 3 nitrogen and oxygen atoms in total. The van der Waals surface area contributed by atoms with Crippen LogP contribution in [0.1, 0.15) is 36.4 Å². The summed E-state index contributed by atoms with van der Waals surface area (Å²) in [5.41, 5.74) is 2.39. The highest BCUT2D eigenvalue weighted by molar-refractivity contribution is 9.10. The van der Waals surface area contributed by atoms with Crippen LogP contribution in [0.4, 0.5) is 0 Å². The van der Waals surface area contributed by atoms with E-state index in [0.29, 0.717) is 6.42 Å². The van der Waals surface area contributed by atoms with Crippen LogP contribution in [0.15, 0.2) is 53.0 Å². The van der Waals surface area contributed by atoms with E-state index in [9.17, 15) is 4.79 Å². The highest BCUT2D eigenvalue weighted by Crippen LogP contribution is 2.33. The van der Waals surface area contributed by atoms with E-state index in [4.69, 9.17) is 4.74 Å². The monoisotopic (exact) mass is 387 g/mol. The molecule has 3 rings (SSSR count). The van der Waals surface area contributed by atoms with Crippen molar-refractivity contribution in [3.05, 3.63) is 64.1 Å². The molecule has 1 fully saturated rings. The molecule has 1 amide bonds. The van der Waals surface area contributed by atoms with Gasteiger partial charge in [0.2, 0.25) is 5.91 Å². The summed E-state index contributed by atoms with van der Waals surface area (Å²) >= 11 is 3.53. The lowest BCUT2D eigenvalue weighted by Gasteiger charge is -2.25. The summed E-state index contributed by atoms with van der Waals surface area (Å²) < 4.78 is 6.24. The molecule has 1 saturated heterocycles. The van der Waals surface area contributed by atoms with Gasteiger partial charge in [-0.05, 0) is 54.7 Å². The van der Waals surface area contributed by atoms with Crippen molar-refractivity contribution in [2.45, 2.75) is 31.7 Å². The van der Waals surface area contributed by atoms with Crippen LogP contribution in [0.2, 0.25) is 0 Å². The molecule has 0 aliphatic carbocycles. The number of nitrogens with zero attached hydrogens (tertiary/aromatic N) is 1. The topological polar surface area (TPSA) is 29.5 Å². The second-order valence-corrected chi connectivity index (χ2v) is 7.06. The van der Waals surface area contributed by atoms with Gasteiger partial charge in [0.15, 0.2) is 0 Å². The standard InChI is InChI=1S/C20H22BrNO2/c1-24-18-10-7-15(8-11-18)9-12-20(23)22-13-3-6-19(22)16-4-2-5-17(21)14-16/h2,4-5,7-8,10-11,14,19H,3,6,9,12-13H2,1H3. The van der Waals surface area contributed by atoms with Crippen LogP contribution in [-0.2, 0) is 11.2 Å². The molecule has 0 aromatic heterocycles. The number of carbonyl (C=O) groups is 1. The average molecular weight is 388 g/mol. The maximum absolute atomic E-state index is 12.7. The summed E-state index contributed by atoms with van der Waals surface area (Å²) in [5, 5.41) is 0. The van der Waals surface area contributed by atoms with Gasteiger partial charge in [0.05, 0.1) is 13.2 Å². The van der Waals surface area contributed by atoms with Gasteiger partial charge in [0.25, 0.3) is 0 Å². The molecule has 0 radical (unpaired) electrons. The highest BCUT2D eigenvalue weighted by Gasteiger charge is 2.29. The molecule has 0 N–H and O–H groups in total. The van der Waals surface area contributed by atoms with Crippen molar-refractivity contribution in [3.63, 3.8) is 0 Å². The molecular weight excluding hydrogens is 366 g/mol. The maximum Gasteiger partial charge on any atom is 0.223 e. The van der Waals surface area contributed by atoms with Gasteiger partial charge in [-0.1, -0.05) is 40.2 Å². The SMILES string of the molecule is COc1ccc(CCC(=O)N2CCCC2c2cccc(Br)c2)cc1. The summed E-state index contributed by atoms with van der Waals surface area (Å²) in [5.74, 6) is 1.09. The Bertz CT molecular complexity index is 699. The third-order valence-corrected chi connectivity index (χ3v) is 5.09. The molecule has 0 saturated carbocycles. The van der Waals surface area contributed by atoms with Crippen LogP contribution in [0.25, 0.3) is 0 Å². The summed E-state index contributed by atoms with van der Waals surface area (Å²) in [4.78, 5) is 14.7. The summed E-state index contributed by atoms with van der Waals surface area (Å²) in [6.07, 6.45) is 3.44. The Balaban J connectivity index is 1.63. The van der Waals surface area contributed by atoms with Crippen molar-refractivity contribution < 1.29 is 9.53 Å². The number of rotatable bonds is 5. The van der Waals surface area contributed by atoms with Gasteiger partial charge in [0.1, 0.15) is 5.75 Å². The molecule has 0 spiro atoms. The second-order valence-electron chi connectivity index (χ2n) is 6.15. The first-order valence-corrected chi connectivity index (χ1v) is 9.14. The molecule has 1 heterocycles. The molecule has 1 aliphatic heterocycles. The lowest BCUT2D eigenvalue weighted by Crippen LogP contribution is -2.30. The fraction of sp³-hybridized carbons (Fsp3) is 0.350. The Morgan fingerprint density at radius 1 is 1.25 bits per heavy atom.